The van der Waals surface area contributed by atoms with E-state index < -0.39 is 22.0 Å². The molecule has 0 aliphatic rings. The average molecular weight is 361 g/mol. The Morgan fingerprint density at radius 1 is 0.960 bits per heavy atom. The molecule has 134 valence electrons. The van der Waals surface area contributed by atoms with Crippen molar-refractivity contribution in [2.45, 2.75) is 30.8 Å². The lowest BCUT2D eigenvalue weighted by molar-refractivity contribution is -0.125. The summed E-state index contributed by atoms with van der Waals surface area (Å²) in [4.78, 5) is 12.5. The van der Waals surface area contributed by atoms with Crippen LogP contribution in [0.1, 0.15) is 37.1 Å². The van der Waals surface area contributed by atoms with E-state index >= 15 is 0 Å². The molecule has 0 aromatic heterocycles. The van der Waals surface area contributed by atoms with Gasteiger partial charge in [-0.05, 0) is 30.2 Å². The number of nitrogens with one attached hydrogen (secondary N) is 1. The molecular formula is C18H23N3O3S. The van der Waals surface area contributed by atoms with Gasteiger partial charge in [0.1, 0.15) is 0 Å². The summed E-state index contributed by atoms with van der Waals surface area (Å²) < 4.78 is 22.6. The number of amides is 1. The molecule has 7 heteroatoms. The highest BCUT2D eigenvalue weighted by Crippen LogP contribution is 2.21. The number of sulfonamides is 1. The topological polar surface area (TPSA) is 115 Å². The van der Waals surface area contributed by atoms with Crippen LogP contribution in [0.2, 0.25) is 0 Å². The third kappa shape index (κ3) is 4.88. The molecule has 2 aromatic carbocycles. The van der Waals surface area contributed by atoms with E-state index in [4.69, 9.17) is 10.9 Å². The molecule has 0 saturated carbocycles. The zero-order valence-corrected chi connectivity index (χ0v) is 15.0. The molecule has 0 aliphatic heterocycles. The number of nitrogens with two attached hydrogens (primary N) is 2. The summed E-state index contributed by atoms with van der Waals surface area (Å²) in [6, 6.07) is 14.9. The van der Waals surface area contributed by atoms with E-state index in [1.165, 1.54) is 12.1 Å². The minimum Gasteiger partial charge on any atom is -0.349 e. The van der Waals surface area contributed by atoms with Crippen molar-refractivity contribution < 1.29 is 13.2 Å². The Morgan fingerprint density at radius 3 is 2.04 bits per heavy atom. The molecule has 0 radical (unpaired) electrons. The first-order valence-electron chi connectivity index (χ1n) is 7.94. The minimum absolute atomic E-state index is 0.0363. The molecule has 2 aromatic rings. The summed E-state index contributed by atoms with van der Waals surface area (Å²) in [5.74, 6) is -0.576. The van der Waals surface area contributed by atoms with Crippen molar-refractivity contribution >= 4 is 15.9 Å². The fraction of sp³-hybridized carbons (Fsp3) is 0.278. The lowest BCUT2D eigenvalue weighted by Gasteiger charge is -2.22. The molecule has 0 fully saturated rings. The van der Waals surface area contributed by atoms with Gasteiger partial charge in [-0.3, -0.25) is 4.79 Å². The Bertz CT molecular complexity index is 820. The van der Waals surface area contributed by atoms with Gasteiger partial charge >= 0.3 is 0 Å². The highest BCUT2D eigenvalue weighted by Gasteiger charge is 2.23. The van der Waals surface area contributed by atoms with Crippen molar-refractivity contribution in [3.8, 4) is 0 Å². The molecule has 3 unspecified atom stereocenters. The van der Waals surface area contributed by atoms with Crippen LogP contribution in [-0.4, -0.2) is 14.3 Å². The zero-order valence-electron chi connectivity index (χ0n) is 14.2. The predicted molar refractivity (Wildman–Crippen MR) is 96.9 cm³/mol. The number of benzene rings is 2. The summed E-state index contributed by atoms with van der Waals surface area (Å²) in [5.41, 5.74) is 7.86. The van der Waals surface area contributed by atoms with Gasteiger partial charge in [0, 0.05) is 6.04 Å². The van der Waals surface area contributed by atoms with Gasteiger partial charge in [-0.25, -0.2) is 13.6 Å². The van der Waals surface area contributed by atoms with Gasteiger partial charge in [-0.2, -0.15) is 0 Å². The fourth-order valence-electron chi connectivity index (χ4n) is 2.50. The van der Waals surface area contributed by atoms with Crippen molar-refractivity contribution in [3.63, 3.8) is 0 Å². The monoisotopic (exact) mass is 361 g/mol. The second-order valence-corrected chi connectivity index (χ2v) is 7.63. The van der Waals surface area contributed by atoms with E-state index in [9.17, 15) is 13.2 Å². The third-order valence-electron chi connectivity index (χ3n) is 4.20. The maximum atomic E-state index is 12.5. The fourth-order valence-corrected chi connectivity index (χ4v) is 3.02. The first-order valence-corrected chi connectivity index (χ1v) is 9.48. The molecule has 0 bridgehead atoms. The molecule has 0 spiro atoms. The largest absolute Gasteiger partial charge is 0.349 e. The van der Waals surface area contributed by atoms with Gasteiger partial charge in [0.25, 0.3) is 0 Å². The average Bonchev–Trinajstić information content (AvgIpc) is 2.60. The SMILES string of the molecule is CC(NC(=O)C(C)C(N)c1ccccc1)c1ccc(S(N)(=O)=O)cc1. The number of primary sulfonamides is 1. The van der Waals surface area contributed by atoms with Crippen LogP contribution in [0.15, 0.2) is 59.5 Å². The van der Waals surface area contributed by atoms with E-state index in [1.807, 2.05) is 37.3 Å². The smallest absolute Gasteiger partial charge is 0.238 e. The Balaban J connectivity index is 2.04. The number of hydrogen-bond acceptors (Lipinski definition) is 4. The molecule has 1 amide bonds. The number of rotatable bonds is 6. The number of carbonyl (C=O) groups excluding carboxylic acids is 1. The van der Waals surface area contributed by atoms with Gasteiger partial charge in [0.2, 0.25) is 15.9 Å². The number of carbonyl (C=O) groups is 1. The molecule has 3 atom stereocenters. The van der Waals surface area contributed by atoms with Crippen LogP contribution in [-0.2, 0) is 14.8 Å². The molecule has 6 nitrogen and oxygen atoms in total. The Morgan fingerprint density at radius 2 is 1.52 bits per heavy atom. The second-order valence-electron chi connectivity index (χ2n) is 6.07. The quantitative estimate of drug-likeness (QED) is 0.728. The van der Waals surface area contributed by atoms with Gasteiger partial charge in [0.05, 0.1) is 16.9 Å². The summed E-state index contributed by atoms with van der Waals surface area (Å²) in [6.07, 6.45) is 0. The lowest BCUT2D eigenvalue weighted by atomic mass is 9.94. The highest BCUT2D eigenvalue weighted by molar-refractivity contribution is 7.89. The van der Waals surface area contributed by atoms with Gasteiger partial charge in [-0.15, -0.1) is 0 Å². The van der Waals surface area contributed by atoms with E-state index in [0.717, 1.165) is 11.1 Å². The molecule has 0 saturated heterocycles. The Kier molecular flexibility index (Phi) is 5.94. The normalized spacial score (nSPS) is 15.2. The highest BCUT2D eigenvalue weighted by atomic mass is 32.2. The lowest BCUT2D eigenvalue weighted by Crippen LogP contribution is -2.36. The van der Waals surface area contributed by atoms with Crippen LogP contribution in [0.5, 0.6) is 0 Å². The standard InChI is InChI=1S/C18H23N3O3S/c1-12(17(19)15-6-4-3-5-7-15)18(22)21-13(2)14-8-10-16(11-9-14)25(20,23)24/h3-13,17H,19H2,1-2H3,(H,21,22)(H2,20,23,24). The van der Waals surface area contributed by atoms with Crippen molar-refractivity contribution in [1.82, 2.24) is 5.32 Å². The molecule has 5 N–H and O–H groups in total. The summed E-state index contributed by atoms with van der Waals surface area (Å²) in [7, 11) is -3.73. The first kappa shape index (κ1) is 19.1. The van der Waals surface area contributed by atoms with Crippen molar-refractivity contribution in [3.05, 3.63) is 65.7 Å². The van der Waals surface area contributed by atoms with E-state index in [2.05, 4.69) is 5.32 Å². The van der Waals surface area contributed by atoms with Gasteiger partial charge in [-0.1, -0.05) is 49.4 Å². The molecule has 25 heavy (non-hydrogen) atoms. The van der Waals surface area contributed by atoms with Crippen LogP contribution >= 0.6 is 0 Å². The van der Waals surface area contributed by atoms with Gasteiger partial charge < -0.3 is 11.1 Å². The molecule has 0 heterocycles. The van der Waals surface area contributed by atoms with Crippen LogP contribution in [0, 0.1) is 5.92 Å². The number of hydrogen-bond donors (Lipinski definition) is 3. The van der Waals surface area contributed by atoms with E-state index in [-0.39, 0.29) is 16.8 Å². The minimum atomic E-state index is -3.73. The van der Waals surface area contributed by atoms with E-state index in [0.29, 0.717) is 0 Å². The second kappa shape index (κ2) is 7.77. The van der Waals surface area contributed by atoms with Crippen LogP contribution in [0.4, 0.5) is 0 Å². The zero-order chi connectivity index (χ0) is 18.6. The molecular weight excluding hydrogens is 338 g/mol. The molecule has 0 aliphatic carbocycles. The summed E-state index contributed by atoms with van der Waals surface area (Å²) in [5, 5.41) is 7.99. The predicted octanol–water partition coefficient (Wildman–Crippen LogP) is 1.85. The summed E-state index contributed by atoms with van der Waals surface area (Å²) in [6.45, 7) is 3.61. The molecule has 2 rings (SSSR count). The van der Waals surface area contributed by atoms with Crippen LogP contribution in [0.25, 0.3) is 0 Å². The maximum absolute atomic E-state index is 12.5. The van der Waals surface area contributed by atoms with E-state index in [1.54, 1.807) is 19.1 Å². The maximum Gasteiger partial charge on any atom is 0.238 e. The summed E-state index contributed by atoms with van der Waals surface area (Å²) >= 11 is 0. The first-order chi connectivity index (χ1) is 11.7. The van der Waals surface area contributed by atoms with Crippen LogP contribution in [0.3, 0.4) is 0 Å². The Labute approximate surface area is 148 Å². The van der Waals surface area contributed by atoms with Crippen molar-refractivity contribution in [2.75, 3.05) is 0 Å². The van der Waals surface area contributed by atoms with Gasteiger partial charge in [0.15, 0.2) is 0 Å². The van der Waals surface area contributed by atoms with Crippen molar-refractivity contribution in [1.29, 1.82) is 0 Å². The third-order valence-corrected chi connectivity index (χ3v) is 5.13. The van der Waals surface area contributed by atoms with Crippen LogP contribution < -0.4 is 16.2 Å². The Hall–Kier alpha value is -2.22. The van der Waals surface area contributed by atoms with Crippen molar-refractivity contribution in [2.24, 2.45) is 16.8 Å².